The molecule has 0 radical (unpaired) electrons. The highest BCUT2D eigenvalue weighted by atomic mass is 32.2. The predicted molar refractivity (Wildman–Crippen MR) is 98.0 cm³/mol. The molecule has 0 saturated carbocycles. The minimum atomic E-state index is -3.47. The number of ether oxygens (including phenoxy) is 1. The van der Waals surface area contributed by atoms with Gasteiger partial charge in [-0.3, -0.25) is 10.1 Å². The Kier molecular flexibility index (Phi) is 5.51. The van der Waals surface area contributed by atoms with E-state index in [4.69, 9.17) is 9.15 Å². The van der Waals surface area contributed by atoms with Crippen LogP contribution in [0.5, 0.6) is 5.75 Å². The number of benzene rings is 2. The van der Waals surface area contributed by atoms with E-state index >= 15 is 0 Å². The van der Waals surface area contributed by atoms with Crippen LogP contribution in [0.15, 0.2) is 63.9 Å². The number of hydrogen-bond donors (Lipinski definition) is 1. The quantitative estimate of drug-likeness (QED) is 0.663. The summed E-state index contributed by atoms with van der Waals surface area (Å²) in [5, 5.41) is 10.0. The Hall–Kier alpha value is -3.20. The molecule has 140 valence electrons. The van der Waals surface area contributed by atoms with Crippen molar-refractivity contribution in [1.29, 1.82) is 0 Å². The Balaban J connectivity index is 1.62. The molecule has 0 bridgehead atoms. The maximum Gasteiger partial charge on any atom is 0.322 e. The Morgan fingerprint density at radius 2 is 1.78 bits per heavy atom. The van der Waals surface area contributed by atoms with E-state index in [1.807, 2.05) is 18.2 Å². The molecule has 8 nitrogen and oxygen atoms in total. The third-order valence-electron chi connectivity index (χ3n) is 3.53. The molecule has 1 N–H and O–H groups in total. The topological polar surface area (TPSA) is 111 Å². The largest absolute Gasteiger partial charge is 0.493 e. The van der Waals surface area contributed by atoms with Crippen LogP contribution in [0.3, 0.4) is 0 Å². The molecule has 27 heavy (non-hydrogen) atoms. The first-order chi connectivity index (χ1) is 12.9. The number of nitrogens with zero attached hydrogens (tertiary/aromatic N) is 2. The van der Waals surface area contributed by atoms with E-state index in [1.165, 1.54) is 6.07 Å². The summed E-state index contributed by atoms with van der Waals surface area (Å²) in [6.45, 7) is 0.188. The van der Waals surface area contributed by atoms with E-state index in [1.54, 1.807) is 30.3 Å². The van der Waals surface area contributed by atoms with Gasteiger partial charge in [-0.2, -0.15) is 0 Å². The van der Waals surface area contributed by atoms with E-state index in [0.29, 0.717) is 5.75 Å². The van der Waals surface area contributed by atoms with Gasteiger partial charge in [0.2, 0.25) is 5.91 Å². The van der Waals surface area contributed by atoms with Gasteiger partial charge in [-0.25, -0.2) is 8.42 Å². The van der Waals surface area contributed by atoms with Gasteiger partial charge >= 0.3 is 6.01 Å². The molecule has 1 amide bonds. The monoisotopic (exact) mass is 387 g/mol. The molecule has 9 heteroatoms. The van der Waals surface area contributed by atoms with Crippen molar-refractivity contribution >= 4 is 21.8 Å². The second-order valence-corrected chi connectivity index (χ2v) is 7.62. The highest BCUT2D eigenvalue weighted by Crippen LogP contribution is 2.27. The van der Waals surface area contributed by atoms with Crippen LogP contribution in [-0.4, -0.2) is 37.4 Å². The number of anilines is 1. The Morgan fingerprint density at radius 1 is 1.07 bits per heavy atom. The molecule has 0 aliphatic rings. The maximum absolute atomic E-state index is 12.0. The van der Waals surface area contributed by atoms with E-state index < -0.39 is 9.84 Å². The minimum Gasteiger partial charge on any atom is -0.493 e. The summed E-state index contributed by atoms with van der Waals surface area (Å²) < 4.78 is 34.6. The molecule has 1 aromatic heterocycles. The molecular weight excluding hydrogens is 370 g/mol. The Morgan fingerprint density at radius 3 is 2.52 bits per heavy atom. The lowest BCUT2D eigenvalue weighted by molar-refractivity contribution is -0.116. The fourth-order valence-corrected chi connectivity index (χ4v) is 3.19. The molecule has 1 heterocycles. The van der Waals surface area contributed by atoms with Gasteiger partial charge in [-0.05, 0) is 24.3 Å². The van der Waals surface area contributed by atoms with Crippen molar-refractivity contribution in [2.75, 3.05) is 18.2 Å². The van der Waals surface area contributed by atoms with Crippen LogP contribution in [-0.2, 0) is 14.6 Å². The first-order valence-corrected chi connectivity index (χ1v) is 9.93. The van der Waals surface area contributed by atoms with Crippen molar-refractivity contribution in [1.82, 2.24) is 10.2 Å². The average molecular weight is 387 g/mol. The van der Waals surface area contributed by atoms with Gasteiger partial charge in [-0.1, -0.05) is 35.4 Å². The summed E-state index contributed by atoms with van der Waals surface area (Å²) in [5.74, 6) is 0.312. The third-order valence-corrected chi connectivity index (χ3v) is 4.68. The molecule has 0 aliphatic carbocycles. The van der Waals surface area contributed by atoms with Crippen molar-refractivity contribution in [2.45, 2.75) is 11.3 Å². The summed E-state index contributed by atoms with van der Waals surface area (Å²) in [5.41, 5.74) is 0.278. The zero-order chi connectivity index (χ0) is 19.3. The number of nitrogens with one attached hydrogen (secondary N) is 1. The Labute approximate surface area is 156 Å². The third kappa shape index (κ3) is 4.91. The highest BCUT2D eigenvalue weighted by Gasteiger charge is 2.19. The van der Waals surface area contributed by atoms with Gasteiger partial charge in [0.25, 0.3) is 5.89 Å². The molecule has 0 saturated heterocycles. The number of carbonyl (C=O) groups excluding carboxylic acids is 1. The summed E-state index contributed by atoms with van der Waals surface area (Å²) in [4.78, 5) is 12.0. The number of aromatic nitrogens is 2. The lowest BCUT2D eigenvalue weighted by Crippen LogP contribution is -2.15. The predicted octanol–water partition coefficient (Wildman–Crippen LogP) is 2.55. The van der Waals surface area contributed by atoms with Crippen LogP contribution >= 0.6 is 0 Å². The van der Waals surface area contributed by atoms with E-state index in [9.17, 15) is 13.2 Å². The molecule has 3 rings (SSSR count). The molecule has 3 aromatic rings. The van der Waals surface area contributed by atoms with Crippen molar-refractivity contribution in [3.63, 3.8) is 0 Å². The second kappa shape index (κ2) is 8.00. The van der Waals surface area contributed by atoms with Crippen molar-refractivity contribution in [3.8, 4) is 17.2 Å². The first kappa shape index (κ1) is 18.6. The zero-order valence-corrected chi connectivity index (χ0v) is 15.3. The van der Waals surface area contributed by atoms with Gasteiger partial charge in [0.1, 0.15) is 5.75 Å². The average Bonchev–Trinajstić information content (AvgIpc) is 3.10. The minimum absolute atomic E-state index is 0.00635. The lowest BCUT2D eigenvalue weighted by Gasteiger charge is -2.05. The number of rotatable bonds is 7. The molecule has 0 spiro atoms. The summed E-state index contributed by atoms with van der Waals surface area (Å²) >= 11 is 0. The van der Waals surface area contributed by atoms with E-state index in [2.05, 4.69) is 15.5 Å². The van der Waals surface area contributed by atoms with Crippen LogP contribution in [0.1, 0.15) is 6.42 Å². The molecule has 2 aromatic carbocycles. The fourth-order valence-electron chi connectivity index (χ4n) is 2.31. The molecule has 0 aliphatic heterocycles. The second-order valence-electron chi connectivity index (χ2n) is 5.64. The normalized spacial score (nSPS) is 11.1. The van der Waals surface area contributed by atoms with E-state index in [-0.39, 0.29) is 41.3 Å². The first-order valence-electron chi connectivity index (χ1n) is 8.04. The zero-order valence-electron chi connectivity index (χ0n) is 14.5. The van der Waals surface area contributed by atoms with Gasteiger partial charge in [0.05, 0.1) is 23.5 Å². The molecular formula is C18H17N3O5S. The number of para-hydroxylation sites is 1. The molecule has 0 unspecified atom stereocenters. The van der Waals surface area contributed by atoms with Crippen molar-refractivity contribution in [2.24, 2.45) is 0 Å². The van der Waals surface area contributed by atoms with Gasteiger partial charge in [0.15, 0.2) is 9.84 Å². The van der Waals surface area contributed by atoms with Gasteiger partial charge in [0, 0.05) is 6.26 Å². The molecule has 0 atom stereocenters. The van der Waals surface area contributed by atoms with Crippen molar-refractivity contribution in [3.05, 3.63) is 54.6 Å². The number of sulfone groups is 1. The highest BCUT2D eigenvalue weighted by molar-refractivity contribution is 7.90. The number of hydrogen-bond acceptors (Lipinski definition) is 7. The van der Waals surface area contributed by atoms with E-state index in [0.717, 1.165) is 6.26 Å². The smallest absolute Gasteiger partial charge is 0.322 e. The fraction of sp³-hybridized carbons (Fsp3) is 0.167. The van der Waals surface area contributed by atoms with Crippen molar-refractivity contribution < 1.29 is 22.4 Å². The van der Waals surface area contributed by atoms with Crippen LogP contribution in [0.4, 0.5) is 6.01 Å². The number of amides is 1. The summed E-state index contributed by atoms with van der Waals surface area (Å²) in [6.07, 6.45) is 1.18. The van der Waals surface area contributed by atoms with Crippen LogP contribution in [0, 0.1) is 0 Å². The van der Waals surface area contributed by atoms with Crippen LogP contribution in [0.2, 0.25) is 0 Å². The maximum atomic E-state index is 12.0. The van der Waals surface area contributed by atoms with Crippen LogP contribution in [0.25, 0.3) is 11.5 Å². The number of carbonyl (C=O) groups is 1. The molecule has 0 fully saturated rings. The summed E-state index contributed by atoms with van der Waals surface area (Å²) in [7, 11) is -3.47. The Bertz CT molecular complexity index is 1030. The van der Waals surface area contributed by atoms with Gasteiger partial charge in [-0.15, -0.1) is 5.10 Å². The standard InChI is InChI=1S/C18H17N3O5S/c1-27(23,24)15-10-6-5-9-14(15)17-20-21-18(26-17)19-16(22)11-12-25-13-7-3-2-4-8-13/h2-10H,11-12H2,1H3,(H,19,21,22). The summed E-state index contributed by atoms with van der Waals surface area (Å²) in [6, 6.07) is 15.3. The SMILES string of the molecule is CS(=O)(=O)c1ccccc1-c1nnc(NC(=O)CCOc2ccccc2)o1. The lowest BCUT2D eigenvalue weighted by atomic mass is 10.2. The van der Waals surface area contributed by atoms with Crippen LogP contribution < -0.4 is 10.1 Å². The van der Waals surface area contributed by atoms with Gasteiger partial charge < -0.3 is 9.15 Å².